The van der Waals surface area contributed by atoms with E-state index in [1.165, 1.54) is 0 Å². The molecule has 0 bridgehead atoms. The van der Waals surface area contributed by atoms with Gasteiger partial charge in [-0.15, -0.1) is 0 Å². The normalized spacial score (nSPS) is 10.5. The molecule has 0 N–H and O–H groups in total. The Morgan fingerprint density at radius 3 is 0.800 bits per heavy atom. The minimum absolute atomic E-state index is 0. The molecular formula is C4CuF6O4. The topological polar surface area (TPSA) is 80.3 Å². The van der Waals surface area contributed by atoms with Crippen LogP contribution in [-0.4, -0.2) is 24.3 Å². The van der Waals surface area contributed by atoms with E-state index in [0.717, 1.165) is 0 Å². The van der Waals surface area contributed by atoms with Crippen LogP contribution in [-0.2, 0) is 26.7 Å². The Morgan fingerprint density at radius 1 is 0.733 bits per heavy atom. The number of carbonyl (C=O) groups excluding carboxylic acids is 2. The molecule has 15 heavy (non-hydrogen) atoms. The molecule has 1 radical (unpaired) electrons. The third-order valence-corrected chi connectivity index (χ3v) is 0.463. The minimum Gasteiger partial charge on any atom is -0.542 e. The molecule has 0 fully saturated rings. The van der Waals surface area contributed by atoms with Crippen molar-refractivity contribution in [3.8, 4) is 0 Å². The molecule has 0 aromatic carbocycles. The first-order valence-electron chi connectivity index (χ1n) is 2.45. The molecule has 0 aromatic heterocycles. The van der Waals surface area contributed by atoms with Crippen LogP contribution < -0.4 is 10.2 Å². The number of hydrogen-bond acceptors (Lipinski definition) is 4. The average Bonchev–Trinajstić information content (AvgIpc) is 1.83. The van der Waals surface area contributed by atoms with E-state index in [1.54, 1.807) is 0 Å². The molecular weight excluding hydrogens is 290 g/mol. The fraction of sp³-hybridized carbons (Fsp3) is 0.500. The zero-order valence-corrected chi connectivity index (χ0v) is 7.14. The van der Waals surface area contributed by atoms with E-state index in [0.29, 0.717) is 0 Å². The summed E-state index contributed by atoms with van der Waals surface area (Å²) in [6.07, 6.45) is -10.4. The first kappa shape index (κ1) is 19.6. The SMILES string of the molecule is O=C([O-])C(F)(F)F.O=C([O-])C(F)(F)F.[Cu+2]. The summed E-state index contributed by atoms with van der Waals surface area (Å²) < 4.78 is 63.1. The number of carboxylic acids is 2. The van der Waals surface area contributed by atoms with Crippen LogP contribution in [0, 0.1) is 0 Å². The van der Waals surface area contributed by atoms with Gasteiger partial charge in [0.1, 0.15) is 11.9 Å². The van der Waals surface area contributed by atoms with E-state index in [1.807, 2.05) is 0 Å². The summed E-state index contributed by atoms with van der Waals surface area (Å²) in [6, 6.07) is 0. The van der Waals surface area contributed by atoms with Gasteiger partial charge in [-0.25, -0.2) is 0 Å². The van der Waals surface area contributed by atoms with Gasteiger partial charge in [0.15, 0.2) is 0 Å². The van der Waals surface area contributed by atoms with Gasteiger partial charge in [0.25, 0.3) is 0 Å². The van der Waals surface area contributed by atoms with Crippen LogP contribution in [0.5, 0.6) is 0 Å². The van der Waals surface area contributed by atoms with Crippen molar-refractivity contribution in [2.24, 2.45) is 0 Å². The molecule has 0 heterocycles. The summed E-state index contributed by atoms with van der Waals surface area (Å²) in [6.45, 7) is 0. The Bertz CT molecular complexity index is 196. The number of rotatable bonds is 0. The predicted molar refractivity (Wildman–Crippen MR) is 22.1 cm³/mol. The largest absolute Gasteiger partial charge is 2.00 e. The molecule has 0 spiro atoms. The van der Waals surface area contributed by atoms with Crippen LogP contribution in [0.4, 0.5) is 26.3 Å². The third kappa shape index (κ3) is 13.0. The molecule has 0 aliphatic rings. The summed E-state index contributed by atoms with van der Waals surface area (Å²) in [4.78, 5) is 17.6. The van der Waals surface area contributed by atoms with E-state index < -0.39 is 24.3 Å². The zero-order valence-electron chi connectivity index (χ0n) is 6.20. The number of alkyl halides is 6. The Labute approximate surface area is 88.3 Å². The summed E-state index contributed by atoms with van der Waals surface area (Å²) in [5.41, 5.74) is 0. The van der Waals surface area contributed by atoms with Crippen LogP contribution in [0.3, 0.4) is 0 Å². The van der Waals surface area contributed by atoms with E-state index in [2.05, 4.69) is 0 Å². The van der Waals surface area contributed by atoms with Gasteiger partial charge in [0.05, 0.1) is 0 Å². The molecule has 0 amide bonds. The van der Waals surface area contributed by atoms with Crippen molar-refractivity contribution in [3.63, 3.8) is 0 Å². The zero-order chi connectivity index (χ0) is 12.2. The second-order valence-electron chi connectivity index (χ2n) is 1.57. The van der Waals surface area contributed by atoms with Crippen LogP contribution in [0.15, 0.2) is 0 Å². The molecule has 0 atom stereocenters. The van der Waals surface area contributed by atoms with Crippen molar-refractivity contribution in [2.75, 3.05) is 0 Å². The average molecular weight is 290 g/mol. The fourth-order valence-corrected chi connectivity index (χ4v) is 0. The summed E-state index contributed by atoms with van der Waals surface area (Å²) >= 11 is 0. The number of carbonyl (C=O) groups is 2. The van der Waals surface area contributed by atoms with E-state index >= 15 is 0 Å². The minimum atomic E-state index is -5.19. The van der Waals surface area contributed by atoms with Crippen molar-refractivity contribution in [1.82, 2.24) is 0 Å². The van der Waals surface area contributed by atoms with Gasteiger partial charge in [-0.05, 0) is 0 Å². The van der Waals surface area contributed by atoms with Gasteiger partial charge in [-0.1, -0.05) is 0 Å². The van der Waals surface area contributed by atoms with Crippen molar-refractivity contribution >= 4 is 11.9 Å². The summed E-state index contributed by atoms with van der Waals surface area (Å²) in [7, 11) is 0. The van der Waals surface area contributed by atoms with Gasteiger partial charge in [0, 0.05) is 0 Å². The molecule has 11 heteroatoms. The second-order valence-corrected chi connectivity index (χ2v) is 1.57. The van der Waals surface area contributed by atoms with Gasteiger partial charge in [-0.3, -0.25) is 0 Å². The maximum absolute atomic E-state index is 10.5. The summed E-state index contributed by atoms with van der Waals surface area (Å²) in [5, 5.41) is 17.6. The van der Waals surface area contributed by atoms with Crippen LogP contribution >= 0.6 is 0 Å². The van der Waals surface area contributed by atoms with E-state index in [9.17, 15) is 26.3 Å². The number of hydrogen-bond donors (Lipinski definition) is 0. The maximum Gasteiger partial charge on any atom is 2.00 e. The summed E-state index contributed by atoms with van der Waals surface area (Å²) in [5.74, 6) is -6.01. The van der Waals surface area contributed by atoms with Gasteiger partial charge in [0.2, 0.25) is 0 Å². The van der Waals surface area contributed by atoms with Gasteiger partial charge in [-0.2, -0.15) is 26.3 Å². The predicted octanol–water partition coefficient (Wildman–Crippen LogP) is -1.41. The maximum atomic E-state index is 10.5. The second kappa shape index (κ2) is 6.51. The fourth-order valence-electron chi connectivity index (χ4n) is 0. The molecule has 0 saturated carbocycles. The van der Waals surface area contributed by atoms with Crippen molar-refractivity contribution in [2.45, 2.75) is 12.4 Å². The van der Waals surface area contributed by atoms with Crippen molar-refractivity contribution in [1.29, 1.82) is 0 Å². The Morgan fingerprint density at radius 2 is 0.800 bits per heavy atom. The number of carboxylic acid groups (broad SMARTS) is 2. The Balaban J connectivity index is -0.000000180. The number of aliphatic carboxylic acids is 2. The van der Waals surface area contributed by atoms with Crippen LogP contribution in [0.25, 0.3) is 0 Å². The molecule has 4 nitrogen and oxygen atoms in total. The quantitative estimate of drug-likeness (QED) is 0.405. The van der Waals surface area contributed by atoms with E-state index in [-0.39, 0.29) is 17.1 Å². The van der Waals surface area contributed by atoms with Gasteiger partial charge < -0.3 is 19.8 Å². The molecule has 93 valence electrons. The van der Waals surface area contributed by atoms with Crippen LogP contribution in [0.2, 0.25) is 0 Å². The van der Waals surface area contributed by atoms with Gasteiger partial charge >= 0.3 is 29.4 Å². The van der Waals surface area contributed by atoms with Crippen molar-refractivity contribution < 1.29 is 63.2 Å². The van der Waals surface area contributed by atoms with Crippen LogP contribution in [0.1, 0.15) is 0 Å². The third-order valence-electron chi connectivity index (χ3n) is 0.463. The van der Waals surface area contributed by atoms with E-state index in [4.69, 9.17) is 19.8 Å². The first-order valence-corrected chi connectivity index (χ1v) is 2.45. The Kier molecular flexibility index (Phi) is 8.50. The first-order chi connectivity index (χ1) is 5.89. The molecule has 0 unspecified atom stereocenters. The molecule has 0 aliphatic carbocycles. The standard InChI is InChI=1S/2C2HF3O2.Cu/c2*3-2(4,5)1(6)7;/h2*(H,6,7);/q;;+2/p-2. The number of halogens is 6. The molecule has 0 saturated heterocycles. The molecule has 0 aliphatic heterocycles. The monoisotopic (exact) mass is 289 g/mol. The van der Waals surface area contributed by atoms with Crippen molar-refractivity contribution in [3.05, 3.63) is 0 Å². The molecule has 0 aromatic rings. The smallest absolute Gasteiger partial charge is 0.542 e. The molecule has 0 rings (SSSR count). The Hall–Kier alpha value is -0.961.